The number of hydrogen-bond donors (Lipinski definition) is 2. The van der Waals surface area contributed by atoms with Crippen LogP contribution < -0.4 is 16.2 Å². The van der Waals surface area contributed by atoms with Crippen molar-refractivity contribution in [3.05, 3.63) is 28.8 Å². The summed E-state index contributed by atoms with van der Waals surface area (Å²) in [5.74, 6) is 1.93. The van der Waals surface area contributed by atoms with Crippen LogP contribution in [0.1, 0.15) is 55.3 Å². The Kier molecular flexibility index (Phi) is 4.16. The van der Waals surface area contributed by atoms with Crippen LogP contribution in [0.5, 0.6) is 5.75 Å². The average Bonchev–Trinajstić information content (AvgIpc) is 2.33. The van der Waals surface area contributed by atoms with Gasteiger partial charge < -0.3 is 16.2 Å². The van der Waals surface area contributed by atoms with Gasteiger partial charge in [-0.3, -0.25) is 0 Å². The first-order chi connectivity index (χ1) is 8.93. The van der Waals surface area contributed by atoms with Crippen molar-refractivity contribution in [1.29, 1.82) is 0 Å². The zero-order valence-corrected chi connectivity index (χ0v) is 12.4. The van der Waals surface area contributed by atoms with Crippen molar-refractivity contribution in [3.63, 3.8) is 0 Å². The van der Waals surface area contributed by atoms with E-state index in [0.29, 0.717) is 17.9 Å². The van der Waals surface area contributed by atoms with Crippen LogP contribution in [0.4, 0.5) is 0 Å². The van der Waals surface area contributed by atoms with Gasteiger partial charge in [-0.1, -0.05) is 19.9 Å². The normalized spacial score (nSPS) is 24.2. The van der Waals surface area contributed by atoms with Crippen LogP contribution in [-0.2, 0) is 0 Å². The number of aryl methyl sites for hydroxylation is 1. The molecule has 0 aliphatic heterocycles. The average molecular weight is 262 g/mol. The second kappa shape index (κ2) is 5.51. The summed E-state index contributed by atoms with van der Waals surface area (Å²) in [6.07, 6.45) is 2.09. The fourth-order valence-electron chi connectivity index (χ4n) is 2.96. The van der Waals surface area contributed by atoms with Gasteiger partial charge in [-0.05, 0) is 54.4 Å². The predicted octanol–water partition coefficient (Wildman–Crippen LogP) is 2.86. The number of ether oxygens (including phenoxy) is 1. The molecule has 1 aliphatic carbocycles. The van der Waals surface area contributed by atoms with Crippen molar-refractivity contribution in [1.82, 2.24) is 0 Å². The molecule has 1 aromatic carbocycles. The van der Waals surface area contributed by atoms with E-state index in [9.17, 15) is 0 Å². The monoisotopic (exact) mass is 262 g/mol. The number of rotatable bonds is 4. The van der Waals surface area contributed by atoms with E-state index in [1.807, 2.05) is 0 Å². The van der Waals surface area contributed by atoms with Gasteiger partial charge >= 0.3 is 0 Å². The van der Waals surface area contributed by atoms with Crippen molar-refractivity contribution in [2.45, 2.75) is 51.6 Å². The molecule has 4 N–H and O–H groups in total. The van der Waals surface area contributed by atoms with Crippen LogP contribution in [-0.4, -0.2) is 13.2 Å². The molecule has 0 saturated heterocycles. The van der Waals surface area contributed by atoms with Crippen LogP contribution in [0.3, 0.4) is 0 Å². The lowest BCUT2D eigenvalue weighted by atomic mass is 9.73. The zero-order chi connectivity index (χ0) is 14.2. The minimum Gasteiger partial charge on any atom is -0.496 e. The molecule has 1 aliphatic rings. The van der Waals surface area contributed by atoms with E-state index in [0.717, 1.165) is 18.6 Å². The summed E-state index contributed by atoms with van der Waals surface area (Å²) in [5.41, 5.74) is 16.0. The minimum atomic E-state index is 0.100. The summed E-state index contributed by atoms with van der Waals surface area (Å²) in [6, 6.07) is 4.79. The van der Waals surface area contributed by atoms with E-state index in [2.05, 4.69) is 32.9 Å². The van der Waals surface area contributed by atoms with Gasteiger partial charge in [0.05, 0.1) is 7.11 Å². The third-order valence-corrected chi connectivity index (χ3v) is 4.32. The van der Waals surface area contributed by atoms with Crippen LogP contribution in [0.15, 0.2) is 12.1 Å². The molecule has 2 rings (SSSR count). The molecule has 19 heavy (non-hydrogen) atoms. The molecule has 0 amide bonds. The molecule has 0 heterocycles. The molecule has 3 heteroatoms. The number of methoxy groups -OCH3 is 1. The van der Waals surface area contributed by atoms with E-state index in [1.54, 1.807) is 7.11 Å². The highest BCUT2D eigenvalue weighted by Gasteiger charge is 2.32. The Hall–Kier alpha value is -1.06. The molecular formula is C16H26N2O. The summed E-state index contributed by atoms with van der Waals surface area (Å²) in [6.45, 7) is 6.48. The lowest BCUT2D eigenvalue weighted by Gasteiger charge is -2.37. The first kappa shape index (κ1) is 14.4. The van der Waals surface area contributed by atoms with Gasteiger partial charge in [-0.25, -0.2) is 0 Å². The Balaban J connectivity index is 2.32. The van der Waals surface area contributed by atoms with Crippen molar-refractivity contribution in [2.24, 2.45) is 17.4 Å². The Morgan fingerprint density at radius 2 is 1.84 bits per heavy atom. The van der Waals surface area contributed by atoms with Crippen LogP contribution in [0.25, 0.3) is 0 Å². The van der Waals surface area contributed by atoms with Gasteiger partial charge in [-0.15, -0.1) is 0 Å². The maximum absolute atomic E-state index is 6.43. The van der Waals surface area contributed by atoms with Crippen LogP contribution >= 0.6 is 0 Å². The second-order valence-electron chi connectivity index (χ2n) is 6.12. The van der Waals surface area contributed by atoms with Gasteiger partial charge in [0, 0.05) is 12.1 Å². The predicted molar refractivity (Wildman–Crippen MR) is 79.4 cm³/mol. The fraction of sp³-hybridized carbons (Fsp3) is 0.625. The van der Waals surface area contributed by atoms with Crippen molar-refractivity contribution in [3.8, 4) is 5.75 Å². The summed E-state index contributed by atoms with van der Waals surface area (Å²) >= 11 is 0. The maximum Gasteiger partial charge on any atom is 0.122 e. The molecule has 106 valence electrons. The molecule has 1 aromatic rings. The molecule has 0 spiro atoms. The molecule has 0 bridgehead atoms. The van der Waals surface area contributed by atoms with Crippen molar-refractivity contribution < 1.29 is 4.74 Å². The van der Waals surface area contributed by atoms with Crippen LogP contribution in [0, 0.1) is 12.8 Å². The quantitative estimate of drug-likeness (QED) is 0.877. The van der Waals surface area contributed by atoms with Crippen molar-refractivity contribution >= 4 is 0 Å². The highest BCUT2D eigenvalue weighted by atomic mass is 16.5. The van der Waals surface area contributed by atoms with Gasteiger partial charge in [0.2, 0.25) is 0 Å². The van der Waals surface area contributed by atoms with Gasteiger partial charge in [-0.2, -0.15) is 0 Å². The molecule has 1 atom stereocenters. The van der Waals surface area contributed by atoms with Crippen molar-refractivity contribution in [2.75, 3.05) is 7.11 Å². The molecule has 0 radical (unpaired) electrons. The highest BCUT2D eigenvalue weighted by Crippen LogP contribution is 2.39. The van der Waals surface area contributed by atoms with E-state index in [1.165, 1.54) is 16.7 Å². The Labute approximate surface area is 116 Å². The first-order valence-corrected chi connectivity index (χ1v) is 7.13. The molecular weight excluding hydrogens is 236 g/mol. The molecule has 3 nitrogen and oxygen atoms in total. The Bertz CT molecular complexity index is 450. The van der Waals surface area contributed by atoms with E-state index in [-0.39, 0.29) is 6.04 Å². The third-order valence-electron chi connectivity index (χ3n) is 4.32. The number of hydrogen-bond acceptors (Lipinski definition) is 3. The Morgan fingerprint density at radius 1 is 1.21 bits per heavy atom. The molecule has 0 aromatic heterocycles. The third kappa shape index (κ3) is 2.77. The Morgan fingerprint density at radius 3 is 2.32 bits per heavy atom. The summed E-state index contributed by atoms with van der Waals surface area (Å²) < 4.78 is 5.48. The maximum atomic E-state index is 6.43. The SMILES string of the molecule is COc1cc(C)c(C(N)C2CC(N)C2)cc1C(C)C. The summed E-state index contributed by atoms with van der Waals surface area (Å²) in [4.78, 5) is 0. The van der Waals surface area contributed by atoms with Gasteiger partial charge in [0.1, 0.15) is 5.75 Å². The lowest BCUT2D eigenvalue weighted by molar-refractivity contribution is 0.223. The number of benzene rings is 1. The molecule has 1 fully saturated rings. The summed E-state index contributed by atoms with van der Waals surface area (Å²) in [5, 5.41) is 0. The van der Waals surface area contributed by atoms with E-state index in [4.69, 9.17) is 16.2 Å². The molecule has 1 unspecified atom stereocenters. The highest BCUT2D eigenvalue weighted by molar-refractivity contribution is 5.45. The zero-order valence-electron chi connectivity index (χ0n) is 12.4. The van der Waals surface area contributed by atoms with Gasteiger partial charge in [0.25, 0.3) is 0 Å². The second-order valence-corrected chi connectivity index (χ2v) is 6.12. The topological polar surface area (TPSA) is 61.3 Å². The van der Waals surface area contributed by atoms with E-state index >= 15 is 0 Å². The smallest absolute Gasteiger partial charge is 0.122 e. The first-order valence-electron chi connectivity index (χ1n) is 7.13. The largest absolute Gasteiger partial charge is 0.496 e. The standard InChI is InChI=1S/C16H26N2O/c1-9(2)13-8-14(10(3)5-15(13)19-4)16(18)11-6-12(17)7-11/h5,8-9,11-12,16H,6-7,17-18H2,1-4H3. The summed E-state index contributed by atoms with van der Waals surface area (Å²) in [7, 11) is 1.73. The lowest BCUT2D eigenvalue weighted by Crippen LogP contribution is -2.41. The minimum absolute atomic E-state index is 0.100. The van der Waals surface area contributed by atoms with E-state index < -0.39 is 0 Å². The molecule has 1 saturated carbocycles. The number of nitrogens with two attached hydrogens (primary N) is 2. The fourth-order valence-corrected chi connectivity index (χ4v) is 2.96. The van der Waals surface area contributed by atoms with Gasteiger partial charge in [0.15, 0.2) is 0 Å². The van der Waals surface area contributed by atoms with Crippen LogP contribution in [0.2, 0.25) is 0 Å².